The van der Waals surface area contributed by atoms with Gasteiger partial charge >= 0.3 is 0 Å². The van der Waals surface area contributed by atoms with E-state index in [1.54, 1.807) is 0 Å². The van der Waals surface area contributed by atoms with Crippen molar-refractivity contribution in [2.24, 2.45) is 5.73 Å². The second-order valence-corrected chi connectivity index (χ2v) is 7.77. The summed E-state index contributed by atoms with van der Waals surface area (Å²) in [6.45, 7) is -0.278. The highest BCUT2D eigenvalue weighted by molar-refractivity contribution is 7.17. The number of fused-ring (bicyclic) bond motifs is 2. The molecule has 0 bridgehead atoms. The van der Waals surface area contributed by atoms with Crippen molar-refractivity contribution < 1.29 is 14.0 Å². The van der Waals surface area contributed by atoms with Gasteiger partial charge in [0.1, 0.15) is 17.4 Å². The monoisotopic (exact) mass is 400 g/mol. The van der Waals surface area contributed by atoms with Gasteiger partial charge in [0.05, 0.1) is 22.8 Å². The van der Waals surface area contributed by atoms with Crippen molar-refractivity contribution in [1.29, 1.82) is 0 Å². The number of amides is 2. The Morgan fingerprint density at radius 2 is 2.07 bits per heavy atom. The molecule has 4 rings (SSSR count). The zero-order valence-electron chi connectivity index (χ0n) is 14.8. The third-order valence-corrected chi connectivity index (χ3v) is 5.98. The number of aryl methyl sites for hydroxylation is 1. The molecule has 2 aromatic heterocycles. The van der Waals surface area contributed by atoms with Crippen molar-refractivity contribution in [1.82, 2.24) is 9.55 Å². The Labute approximate surface area is 163 Å². The van der Waals surface area contributed by atoms with Crippen LogP contribution >= 0.6 is 11.3 Å². The minimum atomic E-state index is -0.568. The van der Waals surface area contributed by atoms with Crippen LogP contribution in [0.2, 0.25) is 0 Å². The lowest BCUT2D eigenvalue weighted by Gasteiger charge is -2.11. The Morgan fingerprint density at radius 3 is 2.86 bits per heavy atom. The summed E-state index contributed by atoms with van der Waals surface area (Å²) >= 11 is 1.36. The van der Waals surface area contributed by atoms with Gasteiger partial charge in [-0.05, 0) is 43.4 Å². The standard InChI is InChI=1S/C19H17FN4O3S/c20-10-5-6-11-13(7-10)22-9-24(19(11)27)8-15(25)23-18-16(17(21)26)12-3-1-2-4-14(12)28-18/h5-7,9H,1-4,8H2,(H2,21,26)(H,23,25). The lowest BCUT2D eigenvalue weighted by Crippen LogP contribution is -2.28. The van der Waals surface area contributed by atoms with Gasteiger partial charge in [-0.2, -0.15) is 0 Å². The summed E-state index contributed by atoms with van der Waals surface area (Å²) in [7, 11) is 0. The van der Waals surface area contributed by atoms with Crippen molar-refractivity contribution in [3.8, 4) is 0 Å². The molecule has 0 atom stereocenters. The van der Waals surface area contributed by atoms with Crippen molar-refractivity contribution in [3.05, 3.63) is 56.7 Å². The van der Waals surface area contributed by atoms with Crippen LogP contribution < -0.4 is 16.6 Å². The van der Waals surface area contributed by atoms with Gasteiger partial charge in [-0.1, -0.05) is 0 Å². The molecule has 3 N–H and O–H groups in total. The molecule has 1 aromatic carbocycles. The largest absolute Gasteiger partial charge is 0.365 e. The zero-order valence-corrected chi connectivity index (χ0v) is 15.6. The second-order valence-electron chi connectivity index (χ2n) is 6.67. The summed E-state index contributed by atoms with van der Waals surface area (Å²) < 4.78 is 14.4. The van der Waals surface area contributed by atoms with E-state index >= 15 is 0 Å². The van der Waals surface area contributed by atoms with Gasteiger partial charge in [0, 0.05) is 10.9 Å². The topological polar surface area (TPSA) is 107 Å². The van der Waals surface area contributed by atoms with Crippen LogP contribution in [0.15, 0.2) is 29.3 Å². The summed E-state index contributed by atoms with van der Waals surface area (Å²) in [4.78, 5) is 42.0. The van der Waals surface area contributed by atoms with Gasteiger partial charge in [0.15, 0.2) is 0 Å². The number of carbonyl (C=O) groups excluding carboxylic acids is 2. The maximum Gasteiger partial charge on any atom is 0.261 e. The first-order chi connectivity index (χ1) is 13.4. The molecular formula is C19H17FN4O3S. The third-order valence-electron chi connectivity index (χ3n) is 4.77. The first-order valence-electron chi connectivity index (χ1n) is 8.83. The highest BCUT2D eigenvalue weighted by Crippen LogP contribution is 2.37. The quantitative estimate of drug-likeness (QED) is 0.700. The molecule has 28 heavy (non-hydrogen) atoms. The van der Waals surface area contributed by atoms with Crippen LogP contribution in [0.4, 0.5) is 9.39 Å². The molecule has 1 aliphatic rings. The van der Waals surface area contributed by atoms with Crippen LogP contribution in [0.5, 0.6) is 0 Å². The lowest BCUT2D eigenvalue weighted by molar-refractivity contribution is -0.116. The molecule has 0 unspecified atom stereocenters. The average molecular weight is 400 g/mol. The van der Waals surface area contributed by atoms with Gasteiger partial charge in [-0.3, -0.25) is 19.0 Å². The number of rotatable bonds is 4. The first-order valence-corrected chi connectivity index (χ1v) is 9.64. The summed E-state index contributed by atoms with van der Waals surface area (Å²) in [6.07, 6.45) is 4.86. The molecule has 144 valence electrons. The molecule has 9 heteroatoms. The van der Waals surface area contributed by atoms with E-state index in [0.717, 1.165) is 46.8 Å². The van der Waals surface area contributed by atoms with Gasteiger partial charge in [0.25, 0.3) is 11.5 Å². The maximum absolute atomic E-state index is 13.3. The van der Waals surface area contributed by atoms with E-state index in [4.69, 9.17) is 5.73 Å². The van der Waals surface area contributed by atoms with Crippen LogP contribution in [0.1, 0.15) is 33.6 Å². The number of anilines is 1. The van der Waals surface area contributed by atoms with Crippen LogP contribution in [0.3, 0.4) is 0 Å². The molecule has 2 heterocycles. The summed E-state index contributed by atoms with van der Waals surface area (Å²) in [5, 5.41) is 3.36. The number of benzene rings is 1. The van der Waals surface area contributed by atoms with Crippen LogP contribution in [0, 0.1) is 5.82 Å². The van der Waals surface area contributed by atoms with Crippen LogP contribution in [-0.2, 0) is 24.2 Å². The Morgan fingerprint density at radius 1 is 1.29 bits per heavy atom. The number of halogens is 1. The predicted molar refractivity (Wildman–Crippen MR) is 104 cm³/mol. The van der Waals surface area contributed by atoms with E-state index < -0.39 is 23.2 Å². The van der Waals surface area contributed by atoms with E-state index in [0.29, 0.717) is 10.6 Å². The van der Waals surface area contributed by atoms with Crippen molar-refractivity contribution in [3.63, 3.8) is 0 Å². The number of thiophene rings is 1. The number of hydrogen-bond acceptors (Lipinski definition) is 5. The Balaban J connectivity index is 1.60. The minimum absolute atomic E-state index is 0.223. The van der Waals surface area contributed by atoms with Gasteiger partial charge < -0.3 is 11.1 Å². The number of nitrogens with one attached hydrogen (secondary N) is 1. The Kier molecular flexibility index (Phi) is 4.68. The number of carbonyl (C=O) groups is 2. The highest BCUT2D eigenvalue weighted by atomic mass is 32.1. The fraction of sp³-hybridized carbons (Fsp3) is 0.263. The van der Waals surface area contributed by atoms with Crippen LogP contribution in [0.25, 0.3) is 10.9 Å². The molecule has 0 aliphatic heterocycles. The fourth-order valence-electron chi connectivity index (χ4n) is 3.48. The predicted octanol–water partition coefficient (Wildman–Crippen LogP) is 2.21. The molecule has 0 radical (unpaired) electrons. The van der Waals surface area contributed by atoms with Gasteiger partial charge in [-0.15, -0.1) is 11.3 Å². The molecule has 3 aromatic rings. The SMILES string of the molecule is NC(=O)c1c(NC(=O)Cn2cnc3cc(F)ccc3c2=O)sc2c1CCCC2. The molecule has 1 aliphatic carbocycles. The van der Waals surface area contributed by atoms with Crippen molar-refractivity contribution in [2.75, 3.05) is 5.32 Å². The number of nitrogens with zero attached hydrogens (tertiary/aromatic N) is 2. The summed E-state index contributed by atoms with van der Waals surface area (Å²) in [5.74, 6) is -1.52. The molecule has 2 amide bonds. The molecular weight excluding hydrogens is 383 g/mol. The summed E-state index contributed by atoms with van der Waals surface area (Å²) in [5.41, 5.74) is 6.60. The van der Waals surface area contributed by atoms with Crippen molar-refractivity contribution >= 4 is 39.1 Å². The molecule has 7 nitrogen and oxygen atoms in total. The second kappa shape index (κ2) is 7.16. The number of nitrogens with two attached hydrogens (primary N) is 1. The molecule has 0 saturated heterocycles. The van der Waals surface area contributed by atoms with E-state index in [2.05, 4.69) is 10.3 Å². The highest BCUT2D eigenvalue weighted by Gasteiger charge is 2.25. The fourth-order valence-corrected chi connectivity index (χ4v) is 4.79. The molecule has 0 saturated carbocycles. The Hall–Kier alpha value is -3.07. The Bertz CT molecular complexity index is 1170. The van der Waals surface area contributed by atoms with Gasteiger partial charge in [0.2, 0.25) is 5.91 Å². The normalized spacial score (nSPS) is 13.3. The summed E-state index contributed by atoms with van der Waals surface area (Å²) in [6, 6.07) is 3.68. The number of primary amides is 1. The zero-order chi connectivity index (χ0) is 19.8. The maximum atomic E-state index is 13.3. The first kappa shape index (κ1) is 18.3. The lowest BCUT2D eigenvalue weighted by atomic mass is 9.95. The van der Waals surface area contributed by atoms with E-state index in [-0.39, 0.29) is 17.4 Å². The van der Waals surface area contributed by atoms with Crippen LogP contribution in [-0.4, -0.2) is 21.4 Å². The van der Waals surface area contributed by atoms with Crippen molar-refractivity contribution in [2.45, 2.75) is 32.2 Å². The smallest absolute Gasteiger partial charge is 0.261 e. The number of aromatic nitrogens is 2. The van der Waals surface area contributed by atoms with E-state index in [1.165, 1.54) is 29.8 Å². The third kappa shape index (κ3) is 3.29. The van der Waals surface area contributed by atoms with Gasteiger partial charge in [-0.25, -0.2) is 9.37 Å². The minimum Gasteiger partial charge on any atom is -0.365 e. The van der Waals surface area contributed by atoms with E-state index in [9.17, 15) is 18.8 Å². The average Bonchev–Trinajstić information content (AvgIpc) is 3.01. The molecule has 0 fully saturated rings. The number of hydrogen-bond donors (Lipinski definition) is 2. The van der Waals surface area contributed by atoms with E-state index in [1.807, 2.05) is 0 Å². The molecule has 0 spiro atoms.